The van der Waals surface area contributed by atoms with Crippen molar-refractivity contribution in [2.24, 2.45) is 0 Å². The van der Waals surface area contributed by atoms with Gasteiger partial charge in [-0.3, -0.25) is 0 Å². The molecule has 19 heavy (non-hydrogen) atoms. The highest BCUT2D eigenvalue weighted by molar-refractivity contribution is 6.54. The maximum Gasteiger partial charge on any atom is 0.416 e. The van der Waals surface area contributed by atoms with Crippen LogP contribution in [0.2, 0.25) is 6.04 Å². The van der Waals surface area contributed by atoms with Gasteiger partial charge in [0.2, 0.25) is 0 Å². The van der Waals surface area contributed by atoms with Gasteiger partial charge in [-0.2, -0.15) is 13.2 Å². The molecule has 0 amide bonds. The van der Waals surface area contributed by atoms with E-state index in [0.717, 1.165) is 30.9 Å². The lowest BCUT2D eigenvalue weighted by Crippen LogP contribution is -2.25. The summed E-state index contributed by atoms with van der Waals surface area (Å²) in [7, 11) is 0.117. The van der Waals surface area contributed by atoms with Crippen molar-refractivity contribution in [1.29, 1.82) is 0 Å². The van der Waals surface area contributed by atoms with E-state index in [1.54, 1.807) is 12.1 Å². The van der Waals surface area contributed by atoms with Crippen LogP contribution in [0.15, 0.2) is 36.4 Å². The molecular formula is C14H16ClF3Si. The van der Waals surface area contributed by atoms with Gasteiger partial charge < -0.3 is 0 Å². The van der Waals surface area contributed by atoms with Gasteiger partial charge in [0.15, 0.2) is 0 Å². The van der Waals surface area contributed by atoms with Crippen LogP contribution in [0.5, 0.6) is 0 Å². The van der Waals surface area contributed by atoms with Gasteiger partial charge in [-0.15, -0.1) is 18.2 Å². The third-order valence-corrected chi connectivity index (χ3v) is 4.44. The zero-order chi connectivity index (χ0) is 14.3. The Kier molecular flexibility index (Phi) is 6.65. The summed E-state index contributed by atoms with van der Waals surface area (Å²) in [5, 5.41) is 0.369. The summed E-state index contributed by atoms with van der Waals surface area (Å²) < 4.78 is 38.4. The number of rotatable bonds is 7. The molecule has 0 aliphatic rings. The molecule has 0 saturated carbocycles. The molecule has 1 aromatic carbocycles. The zero-order valence-corrected chi connectivity index (χ0v) is 12.3. The molecule has 0 aliphatic carbocycles. The Balaban J connectivity index is 2.56. The molecule has 0 N–H and O–H groups in total. The Hall–Kier alpha value is -0.743. The van der Waals surface area contributed by atoms with Gasteiger partial charge in [0.1, 0.15) is 0 Å². The average molecular weight is 305 g/mol. The van der Waals surface area contributed by atoms with Crippen molar-refractivity contribution < 1.29 is 13.2 Å². The van der Waals surface area contributed by atoms with Crippen LogP contribution in [0.1, 0.15) is 24.8 Å². The maximum atomic E-state index is 12.8. The first kappa shape index (κ1) is 16.3. The van der Waals surface area contributed by atoms with Crippen molar-refractivity contribution in [2.45, 2.75) is 31.5 Å². The summed E-state index contributed by atoms with van der Waals surface area (Å²) in [5.74, 6) is 0.618. The Bertz CT molecular complexity index is 415. The second-order valence-electron chi connectivity index (χ2n) is 4.29. The molecule has 0 aliphatic heterocycles. The van der Waals surface area contributed by atoms with Crippen LogP contribution in [0, 0.1) is 0 Å². The van der Waals surface area contributed by atoms with Gasteiger partial charge in [-0.25, -0.2) is 0 Å². The smallest absolute Gasteiger partial charge is 0.166 e. The molecule has 0 fully saturated rings. The largest absolute Gasteiger partial charge is 0.416 e. The van der Waals surface area contributed by atoms with Crippen LogP contribution in [-0.2, 0) is 6.18 Å². The molecule has 0 heterocycles. The van der Waals surface area contributed by atoms with Crippen molar-refractivity contribution in [2.75, 3.05) is 5.88 Å². The van der Waals surface area contributed by atoms with E-state index in [1.807, 2.05) is 0 Å². The third-order valence-electron chi connectivity index (χ3n) is 2.68. The van der Waals surface area contributed by atoms with E-state index in [2.05, 4.69) is 6.58 Å². The van der Waals surface area contributed by atoms with Crippen LogP contribution in [-0.4, -0.2) is 15.4 Å². The summed E-state index contributed by atoms with van der Waals surface area (Å²) in [6.45, 7) is 3.92. The molecule has 0 bridgehead atoms. The molecule has 0 atom stereocenters. The fourth-order valence-electron chi connectivity index (χ4n) is 1.66. The van der Waals surface area contributed by atoms with E-state index in [-0.39, 0.29) is 9.52 Å². The first-order valence-electron chi connectivity index (χ1n) is 6.08. The summed E-state index contributed by atoms with van der Waals surface area (Å²) in [6.07, 6.45) is -1.56. The van der Waals surface area contributed by atoms with Gasteiger partial charge in [0.05, 0.1) is 15.1 Å². The maximum absolute atomic E-state index is 12.8. The SMILES string of the molecule is C=C(CCCCCl)C[Si]c1ccccc1C(F)(F)F. The van der Waals surface area contributed by atoms with Gasteiger partial charge in [0, 0.05) is 5.88 Å². The fourth-order valence-corrected chi connectivity index (χ4v) is 3.10. The highest BCUT2D eigenvalue weighted by Gasteiger charge is 2.32. The van der Waals surface area contributed by atoms with E-state index >= 15 is 0 Å². The van der Waals surface area contributed by atoms with Crippen LogP contribution < -0.4 is 5.19 Å². The summed E-state index contributed by atoms with van der Waals surface area (Å²) in [6, 6.07) is 6.38. The van der Waals surface area contributed by atoms with E-state index in [4.69, 9.17) is 11.6 Å². The van der Waals surface area contributed by atoms with Crippen molar-refractivity contribution in [1.82, 2.24) is 0 Å². The summed E-state index contributed by atoms with van der Waals surface area (Å²) in [5.41, 5.74) is 0.474. The highest BCUT2D eigenvalue weighted by atomic mass is 35.5. The van der Waals surface area contributed by atoms with E-state index in [9.17, 15) is 13.2 Å². The molecule has 0 nitrogen and oxygen atoms in total. The van der Waals surface area contributed by atoms with Gasteiger partial charge in [-0.1, -0.05) is 35.0 Å². The number of hydrogen-bond acceptors (Lipinski definition) is 0. The Morgan fingerprint density at radius 1 is 1.21 bits per heavy atom. The zero-order valence-electron chi connectivity index (χ0n) is 10.6. The fraction of sp³-hybridized carbons (Fsp3) is 0.429. The standard InChI is InChI=1S/C14H16ClF3Si/c1-11(6-4-5-9-15)10-19-13-8-3-2-7-12(13)14(16,17)18/h2-3,7-8H,1,4-6,9-10H2. The molecule has 5 heteroatoms. The lowest BCUT2D eigenvalue weighted by atomic mass is 10.1. The number of hydrogen-bond donors (Lipinski definition) is 0. The van der Waals surface area contributed by atoms with Crippen LogP contribution in [0.25, 0.3) is 0 Å². The van der Waals surface area contributed by atoms with E-state index in [0.29, 0.717) is 17.1 Å². The lowest BCUT2D eigenvalue weighted by Gasteiger charge is -2.12. The van der Waals surface area contributed by atoms with Crippen molar-refractivity contribution in [3.63, 3.8) is 0 Å². The average Bonchev–Trinajstić information content (AvgIpc) is 2.36. The molecule has 0 aromatic heterocycles. The molecule has 1 aromatic rings. The number of halogens is 4. The summed E-state index contributed by atoms with van der Waals surface area (Å²) >= 11 is 5.58. The molecular weight excluding hydrogens is 289 g/mol. The number of allylic oxidation sites excluding steroid dienone is 1. The Labute approximate surface area is 119 Å². The van der Waals surface area contributed by atoms with Gasteiger partial charge in [0.25, 0.3) is 0 Å². The molecule has 104 valence electrons. The molecule has 0 spiro atoms. The predicted molar refractivity (Wildman–Crippen MR) is 75.4 cm³/mol. The minimum Gasteiger partial charge on any atom is -0.166 e. The molecule has 0 saturated heterocycles. The number of unbranched alkanes of at least 4 members (excludes halogenated alkanes) is 1. The molecule has 2 radical (unpaired) electrons. The van der Waals surface area contributed by atoms with E-state index in [1.165, 1.54) is 6.07 Å². The summed E-state index contributed by atoms with van der Waals surface area (Å²) in [4.78, 5) is 0. The van der Waals surface area contributed by atoms with Gasteiger partial charge >= 0.3 is 6.18 Å². The minimum atomic E-state index is -4.27. The minimum absolute atomic E-state index is 0.117. The monoisotopic (exact) mass is 304 g/mol. The van der Waals surface area contributed by atoms with Crippen LogP contribution in [0.3, 0.4) is 0 Å². The van der Waals surface area contributed by atoms with Crippen molar-refractivity contribution in [3.05, 3.63) is 42.0 Å². The number of alkyl halides is 4. The normalized spacial score (nSPS) is 11.6. The highest BCUT2D eigenvalue weighted by Crippen LogP contribution is 2.27. The predicted octanol–water partition coefficient (Wildman–Crippen LogP) is 4.42. The van der Waals surface area contributed by atoms with Gasteiger partial charge in [-0.05, 0) is 25.3 Å². The Morgan fingerprint density at radius 2 is 1.89 bits per heavy atom. The molecule has 1 rings (SSSR count). The van der Waals surface area contributed by atoms with Crippen molar-refractivity contribution >= 4 is 26.3 Å². The number of benzene rings is 1. The molecule has 0 unspecified atom stereocenters. The topological polar surface area (TPSA) is 0 Å². The van der Waals surface area contributed by atoms with Crippen molar-refractivity contribution in [3.8, 4) is 0 Å². The van der Waals surface area contributed by atoms with Crippen LogP contribution in [0.4, 0.5) is 13.2 Å². The third kappa shape index (κ3) is 5.83. The first-order chi connectivity index (χ1) is 8.95. The second kappa shape index (κ2) is 7.75. The lowest BCUT2D eigenvalue weighted by molar-refractivity contribution is -0.136. The first-order valence-corrected chi connectivity index (χ1v) is 7.82. The quantitative estimate of drug-likeness (QED) is 0.303. The second-order valence-corrected chi connectivity index (χ2v) is 5.92. The Morgan fingerprint density at radius 3 is 2.53 bits per heavy atom. The van der Waals surface area contributed by atoms with Crippen LogP contribution >= 0.6 is 11.6 Å². The van der Waals surface area contributed by atoms with E-state index < -0.39 is 11.7 Å².